The van der Waals surface area contributed by atoms with Crippen LogP contribution in [-0.4, -0.2) is 4.33 Å². The summed E-state index contributed by atoms with van der Waals surface area (Å²) in [5.74, 6) is 0. The Morgan fingerprint density at radius 1 is 0.889 bits per heavy atom. The van der Waals surface area contributed by atoms with Gasteiger partial charge in [-0.2, -0.15) is 8.25 Å². The summed E-state index contributed by atoms with van der Waals surface area (Å²) >= 11 is 6.24. The lowest BCUT2D eigenvalue weighted by Crippen LogP contribution is -2.38. The van der Waals surface area contributed by atoms with Gasteiger partial charge in [0, 0.05) is 24.3 Å². The van der Waals surface area contributed by atoms with Crippen LogP contribution in [0.1, 0.15) is 0 Å². The standard InChI is InChI=1S/CH4N4S4/c2-1(6-4-8-2)3-9-5-7-1/h2-5H. The predicted molar refractivity (Wildman–Crippen MR) is 45.6 cm³/mol. The minimum absolute atomic E-state index is 0.0741. The zero-order valence-corrected chi connectivity index (χ0v) is 7.40. The van der Waals surface area contributed by atoms with Crippen LogP contribution >= 0.6 is 48.2 Å². The van der Waals surface area contributed by atoms with Gasteiger partial charge in [-0.3, -0.25) is 0 Å². The van der Waals surface area contributed by atoms with Crippen molar-refractivity contribution in [3.05, 3.63) is 0 Å². The van der Waals surface area contributed by atoms with Crippen LogP contribution < -0.4 is 17.7 Å². The maximum atomic E-state index is 3.17. The number of hydrogen-bond acceptors (Lipinski definition) is 8. The van der Waals surface area contributed by atoms with E-state index >= 15 is 0 Å². The van der Waals surface area contributed by atoms with Crippen molar-refractivity contribution in [2.75, 3.05) is 0 Å². The van der Waals surface area contributed by atoms with E-state index in [1.807, 2.05) is 0 Å². The maximum Gasteiger partial charge on any atom is 0.215 e. The summed E-state index contributed by atoms with van der Waals surface area (Å²) in [6.07, 6.45) is 0. The number of hydrogen-bond donors (Lipinski definition) is 4. The highest BCUT2D eigenvalue weighted by Gasteiger charge is 2.40. The molecule has 1 spiro atoms. The van der Waals surface area contributed by atoms with Crippen LogP contribution in [0.2, 0.25) is 0 Å². The van der Waals surface area contributed by atoms with Crippen molar-refractivity contribution in [1.29, 1.82) is 0 Å². The molecule has 0 atom stereocenters. The van der Waals surface area contributed by atoms with Crippen molar-refractivity contribution in [2.45, 2.75) is 4.33 Å². The molecule has 2 rings (SSSR count). The van der Waals surface area contributed by atoms with Crippen molar-refractivity contribution in [2.24, 2.45) is 0 Å². The van der Waals surface area contributed by atoms with Crippen molar-refractivity contribution < 1.29 is 0 Å². The Bertz CT molecular complexity index is 87.6. The summed E-state index contributed by atoms with van der Waals surface area (Å²) in [5.41, 5.74) is 0. The van der Waals surface area contributed by atoms with Gasteiger partial charge in [-0.25, -0.2) is 9.44 Å². The Labute approximate surface area is 70.2 Å². The minimum Gasteiger partial charge on any atom is -0.210 e. The van der Waals surface area contributed by atoms with Crippen molar-refractivity contribution >= 4 is 48.2 Å². The van der Waals surface area contributed by atoms with Crippen LogP contribution in [0.4, 0.5) is 0 Å². The fourth-order valence-corrected chi connectivity index (χ4v) is 4.45. The molecule has 0 aliphatic carbocycles. The predicted octanol–water partition coefficient (Wildman–Crippen LogP) is 0.406. The van der Waals surface area contributed by atoms with Crippen LogP contribution in [0, 0.1) is 0 Å². The molecular weight excluding hydrogens is 196 g/mol. The number of rotatable bonds is 0. The van der Waals surface area contributed by atoms with E-state index in [4.69, 9.17) is 0 Å². The molecule has 0 unspecified atom stereocenters. The average molecular weight is 200 g/mol. The molecule has 2 heterocycles. The summed E-state index contributed by atoms with van der Waals surface area (Å²) < 4.78 is 12.3. The number of nitrogens with one attached hydrogen (secondary N) is 4. The molecule has 2 saturated heterocycles. The molecule has 2 fully saturated rings. The average Bonchev–Trinajstić information content (AvgIpc) is 2.45. The summed E-state index contributed by atoms with van der Waals surface area (Å²) in [6.45, 7) is 0. The topological polar surface area (TPSA) is 48.1 Å². The fourth-order valence-electron chi connectivity index (χ4n) is 0.460. The highest BCUT2D eigenvalue weighted by Crippen LogP contribution is 2.41. The molecule has 0 amide bonds. The molecule has 4 nitrogen and oxygen atoms in total. The van der Waals surface area contributed by atoms with Gasteiger partial charge >= 0.3 is 0 Å². The molecular formula is CH4N4S4. The van der Waals surface area contributed by atoms with E-state index in [-0.39, 0.29) is 4.33 Å². The molecule has 0 radical (unpaired) electrons. The lowest BCUT2D eigenvalue weighted by atomic mass is 11.2. The Hall–Kier alpha value is 1.24. The first kappa shape index (κ1) is 6.92. The van der Waals surface area contributed by atoms with Crippen LogP contribution in [-0.2, 0) is 0 Å². The third-order valence-corrected chi connectivity index (χ3v) is 4.97. The van der Waals surface area contributed by atoms with Crippen LogP contribution in [0.25, 0.3) is 0 Å². The molecule has 4 N–H and O–H groups in total. The molecule has 0 aromatic rings. The van der Waals surface area contributed by atoms with Gasteiger partial charge in [0.05, 0.1) is 0 Å². The SMILES string of the molecule is N1SNC2(NSNS2)S1. The molecule has 2 aliphatic heterocycles. The van der Waals surface area contributed by atoms with Gasteiger partial charge in [0.25, 0.3) is 0 Å². The smallest absolute Gasteiger partial charge is 0.210 e. The zero-order chi connectivity index (χ0) is 6.16. The van der Waals surface area contributed by atoms with Gasteiger partial charge in [-0.15, -0.1) is 0 Å². The highest BCUT2D eigenvalue weighted by atomic mass is 32.3. The molecule has 8 heteroatoms. The van der Waals surface area contributed by atoms with Crippen molar-refractivity contribution in [3.63, 3.8) is 0 Å². The van der Waals surface area contributed by atoms with Gasteiger partial charge in [0.1, 0.15) is 0 Å². The summed E-state index contributed by atoms with van der Waals surface area (Å²) in [6, 6.07) is 0. The second-order valence-corrected chi connectivity index (χ2v) is 5.44. The molecule has 52 valence electrons. The lowest BCUT2D eigenvalue weighted by molar-refractivity contribution is 0.802. The monoisotopic (exact) mass is 200 g/mol. The molecule has 0 aromatic carbocycles. The zero-order valence-electron chi connectivity index (χ0n) is 4.13. The first-order valence-corrected chi connectivity index (χ1v) is 5.40. The van der Waals surface area contributed by atoms with Crippen molar-refractivity contribution in [1.82, 2.24) is 17.7 Å². The molecule has 9 heavy (non-hydrogen) atoms. The Balaban J connectivity index is 2.04. The second kappa shape index (κ2) is 2.70. The summed E-state index contributed by atoms with van der Waals surface area (Å²) in [4.78, 5) is 0. The molecule has 0 saturated carbocycles. The van der Waals surface area contributed by atoms with E-state index < -0.39 is 0 Å². The van der Waals surface area contributed by atoms with E-state index in [9.17, 15) is 0 Å². The Morgan fingerprint density at radius 3 is 1.78 bits per heavy atom. The Kier molecular flexibility index (Phi) is 2.08. The maximum absolute atomic E-state index is 3.17. The van der Waals surface area contributed by atoms with Crippen molar-refractivity contribution in [3.8, 4) is 0 Å². The lowest BCUT2D eigenvalue weighted by Gasteiger charge is -2.14. The van der Waals surface area contributed by atoms with Crippen LogP contribution in [0.15, 0.2) is 0 Å². The van der Waals surface area contributed by atoms with E-state index in [2.05, 4.69) is 17.7 Å². The minimum atomic E-state index is -0.0741. The first-order chi connectivity index (χ1) is 4.41. The van der Waals surface area contributed by atoms with Gasteiger partial charge < -0.3 is 0 Å². The van der Waals surface area contributed by atoms with Gasteiger partial charge in [0.15, 0.2) is 0 Å². The molecule has 2 aliphatic rings. The first-order valence-electron chi connectivity index (χ1n) is 2.13. The largest absolute Gasteiger partial charge is 0.215 e. The van der Waals surface area contributed by atoms with E-state index in [0.717, 1.165) is 0 Å². The molecule has 0 aromatic heterocycles. The van der Waals surface area contributed by atoms with Gasteiger partial charge in [-0.1, -0.05) is 0 Å². The Morgan fingerprint density at radius 2 is 1.44 bits per heavy atom. The highest BCUT2D eigenvalue weighted by molar-refractivity contribution is 8.29. The fraction of sp³-hybridized carbons (Fsp3) is 1.00. The summed E-state index contributed by atoms with van der Waals surface area (Å²) in [5, 5.41) is 0. The second-order valence-electron chi connectivity index (χ2n) is 1.40. The summed E-state index contributed by atoms with van der Waals surface area (Å²) in [7, 11) is 0. The quantitative estimate of drug-likeness (QED) is 0.419. The van der Waals surface area contributed by atoms with E-state index in [1.54, 1.807) is 23.9 Å². The van der Waals surface area contributed by atoms with E-state index in [1.165, 1.54) is 24.3 Å². The van der Waals surface area contributed by atoms with Gasteiger partial charge in [-0.05, 0) is 23.9 Å². The molecule has 0 bridgehead atoms. The third-order valence-electron chi connectivity index (χ3n) is 0.825. The third kappa shape index (κ3) is 1.31. The van der Waals surface area contributed by atoms with Crippen LogP contribution in [0.5, 0.6) is 0 Å². The van der Waals surface area contributed by atoms with E-state index in [0.29, 0.717) is 0 Å². The van der Waals surface area contributed by atoms with Gasteiger partial charge in [0.2, 0.25) is 4.33 Å². The normalized spacial score (nSPS) is 32.0. The van der Waals surface area contributed by atoms with Crippen LogP contribution in [0.3, 0.4) is 0 Å².